The number of hydrogen-bond donors (Lipinski definition) is 0. The van der Waals surface area contributed by atoms with E-state index in [1.54, 1.807) is 19.4 Å². The zero-order valence-corrected chi connectivity index (χ0v) is 20.3. The van der Waals surface area contributed by atoms with E-state index in [0.717, 1.165) is 0 Å². The summed E-state index contributed by atoms with van der Waals surface area (Å²) >= 11 is 3.40. The monoisotopic (exact) mass is 533 g/mol. The van der Waals surface area contributed by atoms with Crippen molar-refractivity contribution >= 4 is 15.2 Å². The molecule has 0 fully saturated rings. The van der Waals surface area contributed by atoms with Gasteiger partial charge in [-0.05, 0) is 29.3 Å². The molecule has 0 atom stereocenters. The Labute approximate surface area is 174 Å². The van der Waals surface area contributed by atoms with Crippen LogP contribution in [-0.4, -0.2) is 3.90 Å². The number of rotatable bonds is 2. The van der Waals surface area contributed by atoms with Crippen molar-refractivity contribution in [2.24, 2.45) is 5.41 Å². The van der Waals surface area contributed by atoms with E-state index >= 15 is 0 Å². The van der Waals surface area contributed by atoms with E-state index in [2.05, 4.69) is 85.9 Å². The van der Waals surface area contributed by atoms with Crippen LogP contribution < -0.4 is 0 Å². The Balaban J connectivity index is -0.000000367. The number of hydrogen-bond acceptors (Lipinski definition) is 1. The van der Waals surface area contributed by atoms with Gasteiger partial charge in [0.2, 0.25) is 0 Å². The van der Waals surface area contributed by atoms with Crippen molar-refractivity contribution in [3.63, 3.8) is 0 Å². The van der Waals surface area contributed by atoms with Gasteiger partial charge in [0.05, 0.1) is 0 Å². The third-order valence-corrected chi connectivity index (χ3v) is 5.22. The first-order chi connectivity index (χ1) is 10.3. The van der Waals surface area contributed by atoms with Crippen LogP contribution in [-0.2, 0) is 24.8 Å². The van der Waals surface area contributed by atoms with Gasteiger partial charge in [0.1, 0.15) is 0 Å². The number of aryl methyl sites for hydroxylation is 1. The molecule has 1 rings (SSSR count). The fraction of sp³-hybridized carbons (Fsp3) is 0.609. The SMILES string of the molecule is C.C.C[C-]=C(C(C)=C[C](C)=[W])C(C)(C)C.Cc1ccsc1C(C)(C)C. The molecular weight excluding hydrogens is 492 g/mol. The summed E-state index contributed by atoms with van der Waals surface area (Å²) in [6.07, 6.45) is 5.55. The quantitative estimate of drug-likeness (QED) is 0.266. The fourth-order valence-electron chi connectivity index (χ4n) is 2.68. The van der Waals surface area contributed by atoms with Crippen molar-refractivity contribution in [2.45, 2.75) is 89.5 Å². The van der Waals surface area contributed by atoms with Crippen LogP contribution in [0, 0.1) is 18.4 Å². The van der Waals surface area contributed by atoms with Crippen LogP contribution in [0.1, 0.15) is 87.6 Å². The Morgan fingerprint density at radius 3 is 1.76 bits per heavy atom. The first-order valence-electron chi connectivity index (χ1n) is 8.09. The summed E-state index contributed by atoms with van der Waals surface area (Å²) in [5.41, 5.74) is 4.64. The predicted molar refractivity (Wildman–Crippen MR) is 118 cm³/mol. The normalized spacial score (nSPS) is 12.4. The molecule has 0 aliphatic rings. The Morgan fingerprint density at radius 2 is 1.56 bits per heavy atom. The molecule has 0 N–H and O–H groups in total. The van der Waals surface area contributed by atoms with Gasteiger partial charge in [-0.15, -0.1) is 11.3 Å². The molecule has 2 heteroatoms. The van der Waals surface area contributed by atoms with E-state index < -0.39 is 0 Å². The molecule has 0 saturated heterocycles. The molecule has 0 spiro atoms. The molecule has 1 aromatic rings. The number of allylic oxidation sites excluding steroid dienone is 4. The summed E-state index contributed by atoms with van der Waals surface area (Å²) in [5, 5.41) is 2.16. The van der Waals surface area contributed by atoms with Crippen LogP contribution in [0.3, 0.4) is 0 Å². The Hall–Kier alpha value is -0.262. The van der Waals surface area contributed by atoms with Crippen LogP contribution in [0.15, 0.2) is 28.7 Å². The van der Waals surface area contributed by atoms with Crippen LogP contribution in [0.5, 0.6) is 0 Å². The van der Waals surface area contributed by atoms with Crippen LogP contribution in [0.25, 0.3) is 0 Å². The van der Waals surface area contributed by atoms with E-state index in [1.807, 2.05) is 18.3 Å². The van der Waals surface area contributed by atoms with Crippen molar-refractivity contribution in [1.29, 1.82) is 0 Å². The van der Waals surface area contributed by atoms with Gasteiger partial charge in [0.25, 0.3) is 0 Å². The van der Waals surface area contributed by atoms with Crippen molar-refractivity contribution in [3.05, 3.63) is 45.2 Å². The first kappa shape index (κ1) is 29.5. The van der Waals surface area contributed by atoms with Crippen LogP contribution in [0.2, 0.25) is 0 Å². The molecule has 0 aromatic carbocycles. The second-order valence-corrected chi connectivity index (χ2v) is 11.2. The molecule has 0 nitrogen and oxygen atoms in total. The maximum absolute atomic E-state index is 3.29. The molecule has 25 heavy (non-hydrogen) atoms. The smallest absolute Gasteiger partial charge is 0.0128 e. The van der Waals surface area contributed by atoms with Gasteiger partial charge in [-0.25, -0.2) is 0 Å². The number of thiophene rings is 1. The second-order valence-electron chi connectivity index (χ2n) is 8.00. The maximum Gasteiger partial charge on any atom is 0.0128 e. The molecule has 0 amide bonds. The van der Waals surface area contributed by atoms with Gasteiger partial charge >= 0.3 is 93.5 Å². The van der Waals surface area contributed by atoms with E-state index in [0.29, 0.717) is 5.41 Å². The minimum Gasteiger partial charge on any atom is -0.148 e. The molecule has 146 valence electrons. The maximum atomic E-state index is 3.29. The summed E-state index contributed by atoms with van der Waals surface area (Å²) in [6, 6.07) is 2.19. The fourth-order valence-corrected chi connectivity index (χ4v) is 4.33. The summed E-state index contributed by atoms with van der Waals surface area (Å²) in [5.74, 6) is 0. The molecule has 1 aromatic heterocycles. The summed E-state index contributed by atoms with van der Waals surface area (Å²) in [6.45, 7) is 22.0. The van der Waals surface area contributed by atoms with E-state index in [-0.39, 0.29) is 20.3 Å². The van der Waals surface area contributed by atoms with Gasteiger partial charge in [0, 0.05) is 4.88 Å². The van der Waals surface area contributed by atoms with Crippen molar-refractivity contribution < 1.29 is 19.4 Å². The van der Waals surface area contributed by atoms with Gasteiger partial charge < -0.3 is 0 Å². The van der Waals surface area contributed by atoms with Crippen LogP contribution >= 0.6 is 11.3 Å². The Bertz CT molecular complexity index is 572. The third kappa shape index (κ3) is 11.1. The molecule has 0 aliphatic heterocycles. The first-order valence-corrected chi connectivity index (χ1v) is 10.4. The van der Waals surface area contributed by atoms with E-state index in [4.69, 9.17) is 0 Å². The minimum atomic E-state index is 0. The Morgan fingerprint density at radius 1 is 1.08 bits per heavy atom. The molecule has 0 aliphatic carbocycles. The minimum absolute atomic E-state index is 0. The summed E-state index contributed by atoms with van der Waals surface area (Å²) < 4.78 is 1.43. The molecule has 0 bridgehead atoms. The van der Waals surface area contributed by atoms with Gasteiger partial charge in [-0.2, -0.15) is 0 Å². The van der Waals surface area contributed by atoms with Crippen molar-refractivity contribution in [1.82, 2.24) is 0 Å². The molecule has 0 unspecified atom stereocenters. The van der Waals surface area contributed by atoms with E-state index in [9.17, 15) is 0 Å². The molecular formula is C23H41SW-. The third-order valence-electron chi connectivity index (χ3n) is 3.36. The van der Waals surface area contributed by atoms with Crippen molar-refractivity contribution in [3.8, 4) is 0 Å². The van der Waals surface area contributed by atoms with Crippen molar-refractivity contribution in [2.75, 3.05) is 0 Å². The second kappa shape index (κ2) is 12.2. The average molecular weight is 533 g/mol. The molecule has 0 radical (unpaired) electrons. The summed E-state index contributed by atoms with van der Waals surface area (Å²) in [7, 11) is 0. The molecule has 1 heterocycles. The van der Waals surface area contributed by atoms with Gasteiger partial charge in [-0.1, -0.05) is 35.6 Å². The van der Waals surface area contributed by atoms with Crippen LogP contribution in [0.4, 0.5) is 0 Å². The zero-order chi connectivity index (χ0) is 18.4. The zero-order valence-electron chi connectivity index (χ0n) is 16.5. The molecule has 0 saturated carbocycles. The van der Waals surface area contributed by atoms with E-state index in [1.165, 1.54) is 25.5 Å². The summed E-state index contributed by atoms with van der Waals surface area (Å²) in [4.78, 5) is 1.51. The Kier molecular flexibility index (Phi) is 14.4. The topological polar surface area (TPSA) is 0 Å². The largest absolute Gasteiger partial charge is 0.148 e. The standard InChI is InChI=1S/C12H19.C9H14S.2CH4.W/c1-7-9-10(3)11(8-2)12(4,5)6;1-7-5-6-10-8(7)9(2,3)4;;;/h9H,1-6H3;5-6H,1-4H3;2*1H4;/q-1;;;;. The van der Waals surface area contributed by atoms with Gasteiger partial charge in [-0.3, -0.25) is 0 Å². The van der Waals surface area contributed by atoms with Gasteiger partial charge in [0.15, 0.2) is 0 Å². The average Bonchev–Trinajstić information content (AvgIpc) is 2.73. The predicted octanol–water partition coefficient (Wildman–Crippen LogP) is 8.09.